The molecule has 0 bridgehead atoms. The second kappa shape index (κ2) is 8.52. The number of nitrogens with one attached hydrogen (secondary N) is 1. The van der Waals surface area contributed by atoms with E-state index in [1.54, 1.807) is 4.57 Å². The average molecular weight is 423 g/mol. The van der Waals surface area contributed by atoms with Crippen molar-refractivity contribution in [3.05, 3.63) is 33.7 Å². The van der Waals surface area contributed by atoms with Crippen molar-refractivity contribution >= 4 is 10.0 Å². The normalized spacial score (nSPS) is 30.1. The lowest BCUT2D eigenvalue weighted by Gasteiger charge is -2.37. The Kier molecular flexibility index (Phi) is 6.19. The number of hydrogen-bond donors (Lipinski definition) is 1. The van der Waals surface area contributed by atoms with E-state index < -0.39 is 10.0 Å². The lowest BCUT2D eigenvalue weighted by atomic mass is 9.84. The molecule has 2 heterocycles. The highest BCUT2D eigenvalue weighted by Gasteiger charge is 2.34. The molecular weight excluding hydrogens is 388 g/mol. The monoisotopic (exact) mass is 422 g/mol. The fourth-order valence-electron chi connectivity index (χ4n) is 5.13. The minimum Gasteiger partial charge on any atom is -0.376 e. The molecule has 1 aromatic rings. The lowest BCUT2D eigenvalue weighted by molar-refractivity contribution is -0.00769. The summed E-state index contributed by atoms with van der Waals surface area (Å²) in [6.45, 7) is 2.18. The van der Waals surface area contributed by atoms with Crippen LogP contribution in [0.5, 0.6) is 0 Å². The van der Waals surface area contributed by atoms with Gasteiger partial charge in [-0.2, -0.15) is 0 Å². The number of fused-ring (bicyclic) bond motifs is 1. The first-order chi connectivity index (χ1) is 13.8. The van der Waals surface area contributed by atoms with Crippen molar-refractivity contribution in [2.45, 2.75) is 82.9 Å². The predicted octanol–water partition coefficient (Wildman–Crippen LogP) is 2.94. The van der Waals surface area contributed by atoms with Crippen LogP contribution in [0.2, 0.25) is 0 Å². The number of aromatic nitrogens is 1. The molecule has 1 aliphatic heterocycles. The molecule has 7 heteroatoms. The largest absolute Gasteiger partial charge is 0.376 e. The van der Waals surface area contributed by atoms with Crippen LogP contribution < -0.4 is 10.3 Å². The number of nitrogens with zero attached hydrogens (tertiary/aromatic N) is 1. The highest BCUT2D eigenvalue weighted by Crippen LogP contribution is 2.40. The Morgan fingerprint density at radius 1 is 1.07 bits per heavy atom. The molecule has 2 saturated carbocycles. The van der Waals surface area contributed by atoms with E-state index >= 15 is 0 Å². The van der Waals surface area contributed by atoms with Gasteiger partial charge < -0.3 is 9.30 Å². The smallest absolute Gasteiger partial charge is 0.254 e. The first kappa shape index (κ1) is 21.1. The molecular formula is C22H34N2O4S. The highest BCUT2D eigenvalue weighted by molar-refractivity contribution is 7.88. The summed E-state index contributed by atoms with van der Waals surface area (Å²) in [6, 6.07) is 3.23. The van der Waals surface area contributed by atoms with Crippen LogP contribution in [0.15, 0.2) is 16.9 Å². The maximum absolute atomic E-state index is 12.9. The third-order valence-electron chi connectivity index (χ3n) is 6.92. The number of pyridine rings is 1. The number of hydrogen-bond acceptors (Lipinski definition) is 4. The lowest BCUT2D eigenvalue weighted by Crippen LogP contribution is -2.49. The van der Waals surface area contributed by atoms with Crippen LogP contribution >= 0.6 is 0 Å². The van der Waals surface area contributed by atoms with E-state index in [9.17, 15) is 13.2 Å². The molecule has 3 aliphatic rings. The molecule has 2 aliphatic carbocycles. The maximum Gasteiger partial charge on any atom is 0.254 e. The molecule has 162 valence electrons. The predicted molar refractivity (Wildman–Crippen MR) is 114 cm³/mol. The zero-order valence-corrected chi connectivity index (χ0v) is 18.4. The van der Waals surface area contributed by atoms with Gasteiger partial charge in [-0.3, -0.25) is 4.79 Å². The van der Waals surface area contributed by atoms with Crippen molar-refractivity contribution in [2.24, 2.45) is 11.8 Å². The zero-order valence-electron chi connectivity index (χ0n) is 17.6. The van der Waals surface area contributed by atoms with Crippen molar-refractivity contribution in [2.75, 3.05) is 12.9 Å². The summed E-state index contributed by atoms with van der Waals surface area (Å²) in [4.78, 5) is 12.9. The van der Waals surface area contributed by atoms with E-state index in [1.165, 1.54) is 38.4 Å². The third-order valence-corrected chi connectivity index (χ3v) is 7.66. The van der Waals surface area contributed by atoms with E-state index in [4.69, 9.17) is 4.74 Å². The topological polar surface area (TPSA) is 77.4 Å². The minimum atomic E-state index is -3.36. The Morgan fingerprint density at radius 3 is 2.34 bits per heavy atom. The Bertz CT molecular complexity index is 883. The Balaban J connectivity index is 1.45. The van der Waals surface area contributed by atoms with Gasteiger partial charge in [0.25, 0.3) is 5.56 Å². The number of sulfonamides is 1. The molecule has 1 N–H and O–H groups in total. The van der Waals surface area contributed by atoms with Crippen molar-refractivity contribution in [1.29, 1.82) is 0 Å². The first-order valence-corrected chi connectivity index (χ1v) is 13.0. The number of ether oxygens (including phenoxy) is 1. The molecule has 2 fully saturated rings. The molecule has 6 nitrogen and oxygen atoms in total. The van der Waals surface area contributed by atoms with Crippen LogP contribution in [0.4, 0.5) is 0 Å². The van der Waals surface area contributed by atoms with E-state index in [1.807, 2.05) is 19.1 Å². The maximum atomic E-state index is 12.9. The molecule has 2 atom stereocenters. The molecule has 1 aromatic heterocycles. The van der Waals surface area contributed by atoms with Crippen LogP contribution in [0, 0.1) is 18.8 Å². The van der Waals surface area contributed by atoms with Gasteiger partial charge in [-0.15, -0.1) is 0 Å². The quantitative estimate of drug-likeness (QED) is 0.733. The molecule has 0 aromatic carbocycles. The van der Waals surface area contributed by atoms with Gasteiger partial charge in [0.1, 0.15) is 0 Å². The van der Waals surface area contributed by atoms with Crippen LogP contribution in [-0.4, -0.2) is 38.0 Å². The summed E-state index contributed by atoms with van der Waals surface area (Å²) >= 11 is 0. The van der Waals surface area contributed by atoms with E-state index in [0.717, 1.165) is 30.4 Å². The van der Waals surface area contributed by atoms with Gasteiger partial charge in [-0.1, -0.05) is 18.9 Å². The fraction of sp³-hybridized carbons (Fsp3) is 0.773. The summed E-state index contributed by atoms with van der Waals surface area (Å²) in [5, 5.41) is 0. The Hall–Kier alpha value is -1.18. The minimum absolute atomic E-state index is 0.0377. The molecule has 2 unspecified atom stereocenters. The fourth-order valence-corrected chi connectivity index (χ4v) is 5.96. The van der Waals surface area contributed by atoms with Gasteiger partial charge in [0.2, 0.25) is 10.0 Å². The molecule has 0 amide bonds. The van der Waals surface area contributed by atoms with E-state index in [2.05, 4.69) is 4.72 Å². The molecule has 0 radical (unpaired) electrons. The zero-order chi connectivity index (χ0) is 20.6. The van der Waals surface area contributed by atoms with E-state index in [-0.39, 0.29) is 23.7 Å². The second-order valence-corrected chi connectivity index (χ2v) is 11.2. The summed E-state index contributed by atoms with van der Waals surface area (Å²) in [7, 11) is -3.36. The third kappa shape index (κ3) is 5.30. The number of rotatable bonds is 7. The standard InChI is InChI=1S/C22H34N2O4S/c1-15-3-8-18-9-12-20(23-29(2,26)27)21(24(18)22(15)25)14-28-19-10-6-17(7-11-19)13-16-4-5-16/h3,8,16-17,19-21,23H,4-7,9-14H2,1-2H3. The first-order valence-electron chi connectivity index (χ1n) is 11.1. The van der Waals surface area contributed by atoms with Crippen molar-refractivity contribution in [1.82, 2.24) is 9.29 Å². The van der Waals surface area contributed by atoms with Crippen molar-refractivity contribution < 1.29 is 13.2 Å². The van der Waals surface area contributed by atoms with Crippen LogP contribution in [0.1, 0.15) is 68.7 Å². The average Bonchev–Trinajstić information content (AvgIpc) is 3.48. The van der Waals surface area contributed by atoms with Crippen LogP contribution in [0.25, 0.3) is 0 Å². The highest BCUT2D eigenvalue weighted by atomic mass is 32.2. The SMILES string of the molecule is Cc1ccc2n(c1=O)C(COC1CCC(CC3CC3)CC1)C(NS(C)(=O)=O)CC2. The van der Waals surface area contributed by atoms with Gasteiger partial charge in [0.15, 0.2) is 0 Å². The van der Waals surface area contributed by atoms with Gasteiger partial charge >= 0.3 is 0 Å². The van der Waals surface area contributed by atoms with E-state index in [0.29, 0.717) is 25.0 Å². The summed E-state index contributed by atoms with van der Waals surface area (Å²) in [5.41, 5.74) is 1.61. The molecule has 0 spiro atoms. The summed E-state index contributed by atoms with van der Waals surface area (Å²) in [6.07, 6.45) is 11.6. The molecule has 0 saturated heterocycles. The Morgan fingerprint density at radius 2 is 1.72 bits per heavy atom. The molecule has 4 rings (SSSR count). The summed E-state index contributed by atoms with van der Waals surface area (Å²) < 4.78 is 34.6. The van der Waals surface area contributed by atoms with Crippen molar-refractivity contribution in [3.8, 4) is 0 Å². The number of aryl methyl sites for hydroxylation is 2. The molecule has 29 heavy (non-hydrogen) atoms. The second-order valence-electron chi connectivity index (χ2n) is 9.44. The Labute approximate surface area is 174 Å². The van der Waals surface area contributed by atoms with Gasteiger partial charge in [0, 0.05) is 17.3 Å². The van der Waals surface area contributed by atoms with Crippen LogP contribution in [-0.2, 0) is 21.2 Å². The summed E-state index contributed by atoms with van der Waals surface area (Å²) in [5.74, 6) is 1.83. The van der Waals surface area contributed by atoms with Gasteiger partial charge in [-0.05, 0) is 69.8 Å². The van der Waals surface area contributed by atoms with Crippen LogP contribution in [0.3, 0.4) is 0 Å². The van der Waals surface area contributed by atoms with Gasteiger partial charge in [-0.25, -0.2) is 13.1 Å². The van der Waals surface area contributed by atoms with Gasteiger partial charge in [0.05, 0.1) is 25.0 Å². The van der Waals surface area contributed by atoms with Crippen molar-refractivity contribution in [3.63, 3.8) is 0 Å².